The van der Waals surface area contributed by atoms with Crippen molar-refractivity contribution in [3.8, 4) is 11.3 Å². The summed E-state index contributed by atoms with van der Waals surface area (Å²) in [6, 6.07) is 20.4. The summed E-state index contributed by atoms with van der Waals surface area (Å²) in [6.07, 6.45) is 0. The largest absolute Gasteiger partial charge is 0.465 e. The molecule has 0 aliphatic rings. The van der Waals surface area contributed by atoms with Crippen LogP contribution in [-0.2, 0) is 6.54 Å². The van der Waals surface area contributed by atoms with Gasteiger partial charge in [0.05, 0.1) is 12.2 Å². The maximum atomic E-state index is 13.4. The van der Waals surface area contributed by atoms with Crippen LogP contribution in [0.15, 0.2) is 77.2 Å². The number of anilines is 2. The van der Waals surface area contributed by atoms with E-state index < -0.39 is 0 Å². The van der Waals surface area contributed by atoms with Crippen molar-refractivity contribution in [2.24, 2.45) is 0 Å². The summed E-state index contributed by atoms with van der Waals surface area (Å²) in [5, 5.41) is 14.2. The first kappa shape index (κ1) is 19.3. The van der Waals surface area contributed by atoms with E-state index >= 15 is 0 Å². The van der Waals surface area contributed by atoms with Crippen molar-refractivity contribution < 1.29 is 13.6 Å². The number of amides is 1. The van der Waals surface area contributed by atoms with Gasteiger partial charge in [-0.25, -0.2) is 4.39 Å². The van der Waals surface area contributed by atoms with Crippen molar-refractivity contribution in [3.05, 3.63) is 95.7 Å². The highest BCUT2D eigenvalue weighted by Gasteiger charge is 2.08. The Kier molecular flexibility index (Phi) is 5.52. The molecule has 30 heavy (non-hydrogen) atoms. The number of rotatable bonds is 6. The third-order valence-electron chi connectivity index (χ3n) is 4.40. The van der Waals surface area contributed by atoms with Gasteiger partial charge in [-0.2, -0.15) is 0 Å². The molecule has 150 valence electrons. The molecule has 0 atom stereocenters. The fourth-order valence-electron chi connectivity index (χ4n) is 2.94. The molecule has 0 saturated heterocycles. The average Bonchev–Trinajstić information content (AvgIpc) is 3.18. The van der Waals surface area contributed by atoms with Crippen molar-refractivity contribution in [1.29, 1.82) is 0 Å². The van der Waals surface area contributed by atoms with Crippen molar-refractivity contribution in [2.75, 3.05) is 5.32 Å². The Bertz CT molecular complexity index is 1170. The van der Waals surface area contributed by atoms with Crippen LogP contribution in [0.1, 0.15) is 21.9 Å². The summed E-state index contributed by atoms with van der Waals surface area (Å²) in [4.78, 5) is 12.4. The zero-order chi connectivity index (χ0) is 20.9. The van der Waals surface area contributed by atoms with E-state index in [0.29, 0.717) is 40.6 Å². The van der Waals surface area contributed by atoms with E-state index in [1.54, 1.807) is 42.5 Å². The number of hydrogen-bond donors (Lipinski definition) is 2. The van der Waals surface area contributed by atoms with E-state index in [2.05, 4.69) is 20.8 Å². The molecule has 4 aromatic rings. The Balaban J connectivity index is 1.42. The summed E-state index contributed by atoms with van der Waals surface area (Å²) in [5.74, 6) is 1.48. The first-order chi connectivity index (χ1) is 14.6. The Morgan fingerprint density at radius 1 is 1.00 bits per heavy atom. The zero-order valence-electron chi connectivity index (χ0n) is 16.2. The Hall–Kier alpha value is -4.00. The monoisotopic (exact) mass is 402 g/mol. The number of hydrogen-bond acceptors (Lipinski definition) is 5. The topological polar surface area (TPSA) is 80.0 Å². The number of halogens is 1. The second kappa shape index (κ2) is 8.57. The predicted octanol–water partition coefficient (Wildman–Crippen LogP) is 4.86. The van der Waals surface area contributed by atoms with Crippen LogP contribution in [-0.4, -0.2) is 16.1 Å². The standard InChI is InChI=1S/C23H19FN4O2/c1-15-8-9-20(30-15)14-25-23(29)17-5-3-7-19(13-17)26-22-11-10-21(27-28-22)16-4-2-6-18(24)12-16/h2-13H,14H2,1H3,(H,25,29)(H,26,28). The van der Waals surface area contributed by atoms with Gasteiger partial charge in [-0.3, -0.25) is 4.79 Å². The molecule has 0 aliphatic carbocycles. The Morgan fingerprint density at radius 2 is 1.87 bits per heavy atom. The third kappa shape index (κ3) is 4.70. The lowest BCUT2D eigenvalue weighted by molar-refractivity contribution is 0.0948. The molecule has 1 amide bonds. The molecule has 0 radical (unpaired) electrons. The third-order valence-corrected chi connectivity index (χ3v) is 4.40. The highest BCUT2D eigenvalue weighted by Crippen LogP contribution is 2.20. The second-order valence-corrected chi connectivity index (χ2v) is 6.72. The number of carbonyl (C=O) groups excluding carboxylic acids is 1. The van der Waals surface area contributed by atoms with Gasteiger partial charge in [0.25, 0.3) is 5.91 Å². The lowest BCUT2D eigenvalue weighted by atomic mass is 10.1. The fraction of sp³-hybridized carbons (Fsp3) is 0.0870. The van der Waals surface area contributed by atoms with E-state index in [4.69, 9.17) is 4.42 Å². The summed E-state index contributed by atoms with van der Waals surface area (Å²) < 4.78 is 18.8. The van der Waals surface area contributed by atoms with Crippen molar-refractivity contribution in [2.45, 2.75) is 13.5 Å². The maximum Gasteiger partial charge on any atom is 0.251 e. The number of aryl methyl sites for hydroxylation is 1. The smallest absolute Gasteiger partial charge is 0.251 e. The number of nitrogens with one attached hydrogen (secondary N) is 2. The summed E-state index contributed by atoms with van der Waals surface area (Å²) in [7, 11) is 0. The van der Waals surface area contributed by atoms with Gasteiger partial charge >= 0.3 is 0 Å². The molecular weight excluding hydrogens is 383 g/mol. The van der Waals surface area contributed by atoms with Crippen LogP contribution in [0.25, 0.3) is 11.3 Å². The quantitative estimate of drug-likeness (QED) is 0.482. The first-order valence-corrected chi connectivity index (χ1v) is 9.37. The van der Waals surface area contributed by atoms with Crippen LogP contribution in [0.2, 0.25) is 0 Å². The van der Waals surface area contributed by atoms with Gasteiger partial charge in [-0.15, -0.1) is 10.2 Å². The molecule has 0 spiro atoms. The minimum atomic E-state index is -0.325. The summed E-state index contributed by atoms with van der Waals surface area (Å²) in [6.45, 7) is 2.17. The number of carbonyl (C=O) groups is 1. The molecule has 2 aromatic carbocycles. The van der Waals surface area contributed by atoms with Crippen LogP contribution < -0.4 is 10.6 Å². The van der Waals surface area contributed by atoms with Crippen LogP contribution in [0.5, 0.6) is 0 Å². The lowest BCUT2D eigenvalue weighted by Crippen LogP contribution is -2.22. The van der Waals surface area contributed by atoms with Crippen LogP contribution in [0.4, 0.5) is 15.9 Å². The summed E-state index contributed by atoms with van der Waals surface area (Å²) >= 11 is 0. The first-order valence-electron chi connectivity index (χ1n) is 9.37. The van der Waals surface area contributed by atoms with Gasteiger partial charge in [-0.1, -0.05) is 18.2 Å². The molecular formula is C23H19FN4O2. The molecule has 4 rings (SSSR count). The van der Waals surface area contributed by atoms with Gasteiger partial charge in [0.1, 0.15) is 17.3 Å². The van der Waals surface area contributed by atoms with Crippen LogP contribution in [0, 0.1) is 12.7 Å². The van der Waals surface area contributed by atoms with Crippen molar-refractivity contribution in [3.63, 3.8) is 0 Å². The molecule has 0 unspecified atom stereocenters. The predicted molar refractivity (Wildman–Crippen MR) is 112 cm³/mol. The number of furan rings is 1. The van der Waals surface area contributed by atoms with Gasteiger partial charge in [-0.05, 0) is 61.5 Å². The van der Waals surface area contributed by atoms with Crippen LogP contribution in [0.3, 0.4) is 0 Å². The molecule has 2 aromatic heterocycles. The minimum Gasteiger partial charge on any atom is -0.465 e. The fourth-order valence-corrected chi connectivity index (χ4v) is 2.94. The van der Waals surface area contributed by atoms with Crippen LogP contribution >= 0.6 is 0 Å². The molecule has 2 N–H and O–H groups in total. The number of aromatic nitrogens is 2. The normalized spacial score (nSPS) is 10.6. The van der Waals surface area contributed by atoms with E-state index in [0.717, 1.165) is 5.76 Å². The SMILES string of the molecule is Cc1ccc(CNC(=O)c2cccc(Nc3ccc(-c4cccc(F)c4)nn3)c2)o1. The van der Waals surface area contributed by atoms with Gasteiger partial charge < -0.3 is 15.1 Å². The Morgan fingerprint density at radius 3 is 2.60 bits per heavy atom. The van der Waals surface area contributed by atoms with Crippen molar-refractivity contribution in [1.82, 2.24) is 15.5 Å². The van der Waals surface area contributed by atoms with E-state index in [1.165, 1.54) is 12.1 Å². The van der Waals surface area contributed by atoms with Gasteiger partial charge in [0, 0.05) is 16.8 Å². The van der Waals surface area contributed by atoms with Gasteiger partial charge in [0.2, 0.25) is 0 Å². The second-order valence-electron chi connectivity index (χ2n) is 6.72. The van der Waals surface area contributed by atoms with E-state index in [9.17, 15) is 9.18 Å². The number of nitrogens with zero attached hydrogens (tertiary/aromatic N) is 2. The Labute approximate surface area is 172 Å². The number of benzene rings is 2. The lowest BCUT2D eigenvalue weighted by Gasteiger charge is -2.08. The zero-order valence-corrected chi connectivity index (χ0v) is 16.2. The molecule has 0 aliphatic heterocycles. The van der Waals surface area contributed by atoms with Crippen molar-refractivity contribution >= 4 is 17.4 Å². The summed E-state index contributed by atoms with van der Waals surface area (Å²) in [5.41, 5.74) is 2.43. The minimum absolute atomic E-state index is 0.208. The highest BCUT2D eigenvalue weighted by atomic mass is 19.1. The maximum absolute atomic E-state index is 13.4. The molecule has 6 nitrogen and oxygen atoms in total. The molecule has 2 heterocycles. The molecule has 0 bridgehead atoms. The molecule has 0 fully saturated rings. The highest BCUT2D eigenvalue weighted by molar-refractivity contribution is 5.95. The van der Waals surface area contributed by atoms with Gasteiger partial charge in [0.15, 0.2) is 5.82 Å². The van der Waals surface area contributed by atoms with E-state index in [1.807, 2.05) is 25.1 Å². The average molecular weight is 402 g/mol. The van der Waals surface area contributed by atoms with E-state index in [-0.39, 0.29) is 11.7 Å². The molecule has 7 heteroatoms. The molecule has 0 saturated carbocycles.